The van der Waals surface area contributed by atoms with Crippen LogP contribution in [-0.4, -0.2) is 11.9 Å². The van der Waals surface area contributed by atoms with Gasteiger partial charge in [-0.3, -0.25) is 4.79 Å². The molecule has 0 spiro atoms. The van der Waals surface area contributed by atoms with Crippen molar-refractivity contribution < 1.29 is 9.59 Å². The van der Waals surface area contributed by atoms with E-state index in [1.54, 1.807) is 24.3 Å². The van der Waals surface area contributed by atoms with Crippen LogP contribution in [0.2, 0.25) is 5.02 Å². The summed E-state index contributed by atoms with van der Waals surface area (Å²) in [6, 6.07) is 13.2. The average Bonchev–Trinajstić information content (AvgIpc) is 2.46. The van der Waals surface area contributed by atoms with E-state index in [1.165, 1.54) is 0 Å². The molecule has 0 radical (unpaired) electrons. The Hall–Kier alpha value is -2.53. The first-order valence-electron chi connectivity index (χ1n) is 7.12. The fourth-order valence-electron chi connectivity index (χ4n) is 2.35. The predicted molar refractivity (Wildman–Crippen MR) is 91.3 cm³/mol. The fourth-order valence-corrected chi connectivity index (χ4v) is 2.54. The van der Waals surface area contributed by atoms with Crippen LogP contribution in [0.5, 0.6) is 0 Å². The molecule has 0 aliphatic heterocycles. The zero-order chi connectivity index (χ0) is 16.8. The van der Waals surface area contributed by atoms with Crippen LogP contribution in [0, 0.1) is 6.92 Å². The number of halogens is 1. The molecule has 2 aromatic carbocycles. The normalized spacial score (nSPS) is 11.6. The zero-order valence-corrected chi connectivity index (χ0v) is 13.4. The molecule has 0 aromatic heterocycles. The number of carbonyl (C=O) groups excluding carboxylic acids is 2. The maximum atomic E-state index is 12.3. The maximum Gasteiger partial charge on any atom is 0.312 e. The van der Waals surface area contributed by atoms with Crippen LogP contribution in [0.4, 0.5) is 10.5 Å². The number of amides is 3. The first-order chi connectivity index (χ1) is 11.0. The maximum absolute atomic E-state index is 12.3. The first-order valence-corrected chi connectivity index (χ1v) is 7.50. The van der Waals surface area contributed by atoms with E-state index in [9.17, 15) is 9.59 Å². The molecule has 0 bridgehead atoms. The minimum atomic E-state index is -0.672. The number of rotatable bonds is 5. The monoisotopic (exact) mass is 331 g/mol. The number of hydrogen-bond acceptors (Lipinski definition) is 2. The largest absolute Gasteiger partial charge is 0.352 e. The van der Waals surface area contributed by atoms with Crippen molar-refractivity contribution in [3.8, 4) is 0 Å². The van der Waals surface area contributed by atoms with E-state index in [0.717, 1.165) is 11.1 Å². The molecule has 2 aromatic rings. The highest BCUT2D eigenvalue weighted by atomic mass is 35.5. The van der Waals surface area contributed by atoms with Crippen LogP contribution in [0.3, 0.4) is 0 Å². The van der Waals surface area contributed by atoms with Gasteiger partial charge in [-0.2, -0.15) is 0 Å². The molecule has 3 amide bonds. The molecule has 0 fully saturated rings. The number of carbonyl (C=O) groups is 2. The van der Waals surface area contributed by atoms with Crippen LogP contribution in [0.1, 0.15) is 23.6 Å². The molecule has 1 atom stereocenters. The Balaban J connectivity index is 2.13. The summed E-state index contributed by atoms with van der Waals surface area (Å²) in [4.78, 5) is 23.5. The molecule has 0 saturated heterocycles. The van der Waals surface area contributed by atoms with E-state index in [0.29, 0.717) is 10.7 Å². The SMILES string of the molecule is Cc1ccccc1C(CC(=O)Nc1cccc(Cl)c1)NC(N)=O. The van der Waals surface area contributed by atoms with Gasteiger partial charge < -0.3 is 16.4 Å². The smallest absolute Gasteiger partial charge is 0.312 e. The molecule has 0 aliphatic rings. The standard InChI is InChI=1S/C17H18ClN3O2/c1-11-5-2-3-8-14(11)15(21-17(19)23)10-16(22)20-13-7-4-6-12(18)9-13/h2-9,15H,10H2,1H3,(H,20,22)(H3,19,21,23). The first kappa shape index (κ1) is 16.8. The Bertz CT molecular complexity index is 718. The van der Waals surface area contributed by atoms with Gasteiger partial charge in [-0.15, -0.1) is 0 Å². The van der Waals surface area contributed by atoms with Gasteiger partial charge in [0, 0.05) is 10.7 Å². The van der Waals surface area contributed by atoms with Crippen LogP contribution >= 0.6 is 11.6 Å². The summed E-state index contributed by atoms with van der Waals surface area (Å²) >= 11 is 5.89. The molecular formula is C17H18ClN3O2. The molecule has 0 saturated carbocycles. The summed E-state index contributed by atoms with van der Waals surface area (Å²) in [6.45, 7) is 1.92. The van der Waals surface area contributed by atoms with E-state index >= 15 is 0 Å². The van der Waals surface area contributed by atoms with E-state index < -0.39 is 12.1 Å². The number of anilines is 1. The highest BCUT2D eigenvalue weighted by Crippen LogP contribution is 2.22. The fraction of sp³-hybridized carbons (Fsp3) is 0.176. The molecule has 2 rings (SSSR count). The van der Waals surface area contributed by atoms with Gasteiger partial charge in [0.1, 0.15) is 0 Å². The second-order valence-electron chi connectivity index (χ2n) is 5.18. The van der Waals surface area contributed by atoms with Gasteiger partial charge in [-0.1, -0.05) is 41.9 Å². The van der Waals surface area contributed by atoms with Gasteiger partial charge in [0.15, 0.2) is 0 Å². The Morgan fingerprint density at radius 3 is 2.57 bits per heavy atom. The highest BCUT2D eigenvalue weighted by molar-refractivity contribution is 6.30. The Morgan fingerprint density at radius 2 is 1.91 bits per heavy atom. The quantitative estimate of drug-likeness (QED) is 0.784. The van der Waals surface area contributed by atoms with Crippen LogP contribution in [0.15, 0.2) is 48.5 Å². The van der Waals surface area contributed by atoms with Crippen LogP contribution in [-0.2, 0) is 4.79 Å². The van der Waals surface area contributed by atoms with Crippen molar-refractivity contribution in [1.82, 2.24) is 5.32 Å². The summed E-state index contributed by atoms with van der Waals surface area (Å²) in [7, 11) is 0. The highest BCUT2D eigenvalue weighted by Gasteiger charge is 2.19. The number of aryl methyl sites for hydroxylation is 1. The lowest BCUT2D eigenvalue weighted by atomic mass is 9.98. The molecule has 23 heavy (non-hydrogen) atoms. The lowest BCUT2D eigenvalue weighted by Gasteiger charge is -2.19. The number of benzene rings is 2. The van der Waals surface area contributed by atoms with Crippen molar-refractivity contribution in [3.05, 3.63) is 64.7 Å². The van der Waals surface area contributed by atoms with Crippen molar-refractivity contribution in [3.63, 3.8) is 0 Å². The third-order valence-corrected chi connectivity index (χ3v) is 3.61. The van der Waals surface area contributed by atoms with Gasteiger partial charge in [0.2, 0.25) is 5.91 Å². The van der Waals surface area contributed by atoms with Gasteiger partial charge in [0.05, 0.1) is 12.5 Å². The predicted octanol–water partition coefficient (Wildman–Crippen LogP) is 3.39. The zero-order valence-electron chi connectivity index (χ0n) is 12.7. The van der Waals surface area contributed by atoms with Gasteiger partial charge in [-0.25, -0.2) is 4.79 Å². The van der Waals surface area contributed by atoms with E-state index in [4.69, 9.17) is 17.3 Å². The van der Waals surface area contributed by atoms with Crippen LogP contribution < -0.4 is 16.4 Å². The second-order valence-corrected chi connectivity index (χ2v) is 5.62. The molecular weight excluding hydrogens is 314 g/mol. The lowest BCUT2D eigenvalue weighted by Crippen LogP contribution is -2.35. The summed E-state index contributed by atoms with van der Waals surface area (Å²) in [5.74, 6) is -0.241. The number of hydrogen-bond donors (Lipinski definition) is 3. The Morgan fingerprint density at radius 1 is 1.17 bits per heavy atom. The van der Waals surface area contributed by atoms with Gasteiger partial charge in [0.25, 0.3) is 0 Å². The molecule has 4 N–H and O–H groups in total. The molecule has 6 heteroatoms. The van der Waals surface area contributed by atoms with Crippen LogP contribution in [0.25, 0.3) is 0 Å². The van der Waals surface area contributed by atoms with Crippen molar-refractivity contribution in [1.29, 1.82) is 0 Å². The second kappa shape index (κ2) is 7.65. The van der Waals surface area contributed by atoms with Crippen molar-refractivity contribution in [2.24, 2.45) is 5.73 Å². The molecule has 0 aliphatic carbocycles. The van der Waals surface area contributed by atoms with Crippen molar-refractivity contribution >= 4 is 29.2 Å². The summed E-state index contributed by atoms with van der Waals surface area (Å²) < 4.78 is 0. The van der Waals surface area contributed by atoms with Gasteiger partial charge >= 0.3 is 6.03 Å². The third kappa shape index (κ3) is 5.00. The molecule has 1 unspecified atom stereocenters. The number of nitrogens with one attached hydrogen (secondary N) is 2. The lowest BCUT2D eigenvalue weighted by molar-refractivity contribution is -0.116. The minimum absolute atomic E-state index is 0.0697. The molecule has 0 heterocycles. The van der Waals surface area contributed by atoms with Crippen molar-refractivity contribution in [2.75, 3.05) is 5.32 Å². The summed E-state index contributed by atoms with van der Waals surface area (Å²) in [5, 5.41) is 5.91. The topological polar surface area (TPSA) is 84.2 Å². The third-order valence-electron chi connectivity index (χ3n) is 3.38. The van der Waals surface area contributed by atoms with E-state index in [-0.39, 0.29) is 12.3 Å². The number of primary amides is 1. The molecule has 120 valence electrons. The number of nitrogens with two attached hydrogens (primary N) is 1. The number of urea groups is 1. The van der Waals surface area contributed by atoms with E-state index in [1.807, 2.05) is 31.2 Å². The van der Waals surface area contributed by atoms with Gasteiger partial charge in [-0.05, 0) is 36.2 Å². The summed E-state index contributed by atoms with van der Waals surface area (Å²) in [6.07, 6.45) is 0.0697. The van der Waals surface area contributed by atoms with E-state index in [2.05, 4.69) is 10.6 Å². The van der Waals surface area contributed by atoms with Crippen molar-refractivity contribution in [2.45, 2.75) is 19.4 Å². The minimum Gasteiger partial charge on any atom is -0.352 e. The Labute approximate surface area is 139 Å². The summed E-state index contributed by atoms with van der Waals surface area (Å²) in [5.41, 5.74) is 7.66. The average molecular weight is 332 g/mol. The molecule has 5 nitrogen and oxygen atoms in total. The Kier molecular flexibility index (Phi) is 5.60.